The van der Waals surface area contributed by atoms with Crippen molar-refractivity contribution in [2.75, 3.05) is 19.0 Å². The number of halogens is 3. The lowest BCUT2D eigenvalue weighted by molar-refractivity contribution is -0.0570. The lowest BCUT2D eigenvalue weighted by atomic mass is 10.1. The van der Waals surface area contributed by atoms with Crippen LogP contribution < -0.4 is 0 Å². The topological polar surface area (TPSA) is 29.5 Å². The molecule has 1 aromatic rings. The van der Waals surface area contributed by atoms with Crippen LogP contribution in [-0.4, -0.2) is 42.0 Å². The Kier molecular flexibility index (Phi) is 4.66. The first kappa shape index (κ1) is 14.6. The Morgan fingerprint density at radius 2 is 2.26 bits per heavy atom. The van der Waals surface area contributed by atoms with Gasteiger partial charge in [-0.2, -0.15) is 0 Å². The number of benzene rings is 1. The fourth-order valence-electron chi connectivity index (χ4n) is 2.11. The smallest absolute Gasteiger partial charge is 0.254 e. The van der Waals surface area contributed by atoms with Crippen LogP contribution in [-0.2, 0) is 4.74 Å². The minimum atomic E-state index is -0.595. The third-order valence-electron chi connectivity index (χ3n) is 2.95. The number of carbonyl (C=O) groups is 1. The van der Waals surface area contributed by atoms with Crippen LogP contribution in [0.15, 0.2) is 18.2 Å². The van der Waals surface area contributed by atoms with Gasteiger partial charge < -0.3 is 9.64 Å². The third-order valence-corrected chi connectivity index (χ3v) is 3.60. The minimum absolute atomic E-state index is 0.00512. The highest BCUT2D eigenvalue weighted by Gasteiger charge is 2.28. The maximum atomic E-state index is 13.4. The van der Waals surface area contributed by atoms with Gasteiger partial charge in [-0.1, -0.05) is 11.6 Å². The molecule has 1 aliphatic rings. The molecule has 0 aliphatic carbocycles. The van der Waals surface area contributed by atoms with Crippen molar-refractivity contribution in [1.29, 1.82) is 0 Å². The Morgan fingerprint density at radius 1 is 1.53 bits per heavy atom. The second kappa shape index (κ2) is 6.07. The van der Waals surface area contributed by atoms with E-state index in [1.165, 1.54) is 12.1 Å². The lowest BCUT2D eigenvalue weighted by Crippen LogP contribution is -2.49. The average molecular weight is 306 g/mol. The van der Waals surface area contributed by atoms with Crippen molar-refractivity contribution in [1.82, 2.24) is 4.90 Å². The molecule has 1 heterocycles. The monoisotopic (exact) mass is 305 g/mol. The molecular formula is C13H14Cl2FNO2. The maximum absolute atomic E-state index is 13.4. The SMILES string of the molecule is CC1CN(C(=O)c2ccc(Cl)c(F)c2)CC(CCl)O1. The number of hydrogen-bond acceptors (Lipinski definition) is 2. The number of amides is 1. The molecule has 0 spiro atoms. The van der Waals surface area contributed by atoms with E-state index in [1.54, 1.807) is 4.90 Å². The summed E-state index contributed by atoms with van der Waals surface area (Å²) in [5, 5.41) is 0.00512. The predicted molar refractivity (Wildman–Crippen MR) is 72.4 cm³/mol. The summed E-state index contributed by atoms with van der Waals surface area (Å²) in [6.45, 7) is 2.76. The Balaban J connectivity index is 2.16. The summed E-state index contributed by atoms with van der Waals surface area (Å²) < 4.78 is 19.0. The summed E-state index contributed by atoms with van der Waals surface area (Å²) in [6, 6.07) is 4.05. The fourth-order valence-corrected chi connectivity index (χ4v) is 2.40. The first-order chi connectivity index (χ1) is 9.01. The first-order valence-corrected chi connectivity index (χ1v) is 6.88. The van der Waals surface area contributed by atoms with Gasteiger partial charge in [-0.25, -0.2) is 4.39 Å². The molecular weight excluding hydrogens is 292 g/mol. The molecule has 0 radical (unpaired) electrons. The van der Waals surface area contributed by atoms with Crippen LogP contribution >= 0.6 is 23.2 Å². The van der Waals surface area contributed by atoms with Gasteiger partial charge >= 0.3 is 0 Å². The quantitative estimate of drug-likeness (QED) is 0.786. The molecule has 104 valence electrons. The van der Waals surface area contributed by atoms with Crippen molar-refractivity contribution in [3.63, 3.8) is 0 Å². The summed E-state index contributed by atoms with van der Waals surface area (Å²) in [7, 11) is 0. The molecule has 6 heteroatoms. The van der Waals surface area contributed by atoms with E-state index >= 15 is 0 Å². The van der Waals surface area contributed by atoms with Crippen LogP contribution in [0.5, 0.6) is 0 Å². The van der Waals surface area contributed by atoms with Crippen LogP contribution in [0.2, 0.25) is 5.02 Å². The Labute approximate surface area is 121 Å². The van der Waals surface area contributed by atoms with Gasteiger partial charge in [-0.15, -0.1) is 11.6 Å². The minimum Gasteiger partial charge on any atom is -0.370 e. The molecule has 1 fully saturated rings. The summed E-state index contributed by atoms with van der Waals surface area (Å²) in [4.78, 5) is 13.9. The van der Waals surface area contributed by atoms with Crippen LogP contribution in [0.3, 0.4) is 0 Å². The van der Waals surface area contributed by atoms with E-state index in [0.717, 1.165) is 6.07 Å². The van der Waals surface area contributed by atoms with Gasteiger partial charge in [0.1, 0.15) is 5.82 Å². The molecule has 2 unspecified atom stereocenters. The maximum Gasteiger partial charge on any atom is 0.254 e. The Morgan fingerprint density at radius 3 is 2.89 bits per heavy atom. The van der Waals surface area contributed by atoms with E-state index in [2.05, 4.69) is 0 Å². The standard InChI is InChI=1S/C13H14Cl2FNO2/c1-8-6-17(7-10(5-14)19-8)13(18)9-2-3-11(15)12(16)4-9/h2-4,8,10H,5-7H2,1H3. The first-order valence-electron chi connectivity index (χ1n) is 5.97. The molecule has 1 aromatic carbocycles. The predicted octanol–water partition coefficient (Wildman–Crippen LogP) is 2.95. The Bertz CT molecular complexity index is 484. The zero-order valence-corrected chi connectivity index (χ0v) is 11.9. The van der Waals surface area contributed by atoms with Crippen molar-refractivity contribution in [3.05, 3.63) is 34.6 Å². The summed E-state index contributed by atoms with van der Waals surface area (Å²) in [5.41, 5.74) is 0.282. The summed E-state index contributed by atoms with van der Waals surface area (Å²) >= 11 is 11.4. The van der Waals surface area contributed by atoms with E-state index in [9.17, 15) is 9.18 Å². The molecule has 1 saturated heterocycles. The lowest BCUT2D eigenvalue weighted by Gasteiger charge is -2.36. The molecule has 19 heavy (non-hydrogen) atoms. The van der Waals surface area contributed by atoms with Crippen molar-refractivity contribution in [2.45, 2.75) is 19.1 Å². The van der Waals surface area contributed by atoms with Crippen LogP contribution in [0.4, 0.5) is 4.39 Å². The zero-order chi connectivity index (χ0) is 14.0. The molecule has 1 amide bonds. The van der Waals surface area contributed by atoms with E-state index in [1.807, 2.05) is 6.92 Å². The highest BCUT2D eigenvalue weighted by atomic mass is 35.5. The van der Waals surface area contributed by atoms with Crippen LogP contribution in [0, 0.1) is 5.82 Å². The van der Waals surface area contributed by atoms with E-state index in [0.29, 0.717) is 19.0 Å². The van der Waals surface area contributed by atoms with E-state index in [-0.39, 0.29) is 28.7 Å². The molecule has 1 aliphatic heterocycles. The van der Waals surface area contributed by atoms with Crippen LogP contribution in [0.25, 0.3) is 0 Å². The van der Waals surface area contributed by atoms with E-state index in [4.69, 9.17) is 27.9 Å². The van der Waals surface area contributed by atoms with Gasteiger partial charge in [0.2, 0.25) is 0 Å². The largest absolute Gasteiger partial charge is 0.370 e. The second-order valence-electron chi connectivity index (χ2n) is 4.56. The molecule has 0 aromatic heterocycles. The number of ether oxygens (including phenoxy) is 1. The zero-order valence-electron chi connectivity index (χ0n) is 10.4. The normalized spacial score (nSPS) is 23.5. The van der Waals surface area contributed by atoms with Gasteiger partial charge in [0.25, 0.3) is 5.91 Å². The summed E-state index contributed by atoms with van der Waals surface area (Å²) in [5.74, 6) is -0.508. The van der Waals surface area contributed by atoms with Gasteiger partial charge in [0.05, 0.1) is 23.1 Å². The average Bonchev–Trinajstić information content (AvgIpc) is 2.40. The molecule has 0 bridgehead atoms. The number of nitrogens with zero attached hydrogens (tertiary/aromatic N) is 1. The number of morpholine rings is 1. The van der Waals surface area contributed by atoms with Crippen molar-refractivity contribution in [2.24, 2.45) is 0 Å². The molecule has 3 nitrogen and oxygen atoms in total. The van der Waals surface area contributed by atoms with Crippen molar-refractivity contribution < 1.29 is 13.9 Å². The number of hydrogen-bond donors (Lipinski definition) is 0. The van der Waals surface area contributed by atoms with Gasteiger partial charge in [0.15, 0.2) is 0 Å². The van der Waals surface area contributed by atoms with Gasteiger partial charge in [-0.05, 0) is 25.1 Å². The summed E-state index contributed by atoms with van der Waals surface area (Å²) in [6.07, 6.45) is -0.273. The van der Waals surface area contributed by atoms with Crippen molar-refractivity contribution >= 4 is 29.1 Å². The Hall–Kier alpha value is -0.840. The van der Waals surface area contributed by atoms with E-state index < -0.39 is 5.82 Å². The second-order valence-corrected chi connectivity index (χ2v) is 5.28. The van der Waals surface area contributed by atoms with Crippen molar-refractivity contribution in [3.8, 4) is 0 Å². The molecule has 2 atom stereocenters. The highest BCUT2D eigenvalue weighted by molar-refractivity contribution is 6.30. The number of rotatable bonds is 2. The molecule has 2 rings (SSSR count). The molecule has 0 N–H and O–H groups in total. The fraction of sp³-hybridized carbons (Fsp3) is 0.462. The third kappa shape index (κ3) is 3.38. The highest BCUT2D eigenvalue weighted by Crippen LogP contribution is 2.19. The number of carbonyl (C=O) groups excluding carboxylic acids is 1. The van der Waals surface area contributed by atoms with Gasteiger partial charge in [-0.3, -0.25) is 4.79 Å². The number of alkyl halides is 1. The van der Waals surface area contributed by atoms with Crippen LogP contribution in [0.1, 0.15) is 17.3 Å². The van der Waals surface area contributed by atoms with Gasteiger partial charge in [0, 0.05) is 18.7 Å². The molecule has 0 saturated carbocycles.